The first-order valence-corrected chi connectivity index (χ1v) is 11.1. The molecule has 156 valence electrons. The number of aryl methyl sites for hydroxylation is 3. The Labute approximate surface area is 182 Å². The smallest absolute Gasteiger partial charge is 0.201 e. The minimum atomic E-state index is 0.111. The van der Waals surface area contributed by atoms with Gasteiger partial charge in [-0.1, -0.05) is 77.9 Å². The SMILES string of the molecule is Cc1c[n+](C)c(-c2cc3c(cc2C)C(C)(C)C(C)(C)C3(C)C)cc1-c1ccccc1. The fourth-order valence-corrected chi connectivity index (χ4v) is 5.45. The second-order valence-electron chi connectivity index (χ2n) is 10.8. The van der Waals surface area contributed by atoms with Crippen LogP contribution in [-0.2, 0) is 17.9 Å². The fourth-order valence-electron chi connectivity index (χ4n) is 5.45. The molecule has 0 bridgehead atoms. The summed E-state index contributed by atoms with van der Waals surface area (Å²) in [6.07, 6.45) is 2.27. The van der Waals surface area contributed by atoms with Gasteiger partial charge in [0, 0.05) is 17.2 Å². The molecule has 0 N–H and O–H groups in total. The molecule has 0 saturated heterocycles. The Morgan fingerprint density at radius 2 is 1.23 bits per heavy atom. The van der Waals surface area contributed by atoms with Crippen molar-refractivity contribution in [3.05, 3.63) is 77.0 Å². The molecule has 0 atom stereocenters. The summed E-state index contributed by atoms with van der Waals surface area (Å²) in [5.74, 6) is 0. The fraction of sp³-hybridized carbons (Fsp3) is 0.414. The van der Waals surface area contributed by atoms with E-state index >= 15 is 0 Å². The zero-order valence-electron chi connectivity index (χ0n) is 20.1. The molecule has 1 aromatic heterocycles. The van der Waals surface area contributed by atoms with Gasteiger partial charge in [0.25, 0.3) is 0 Å². The normalized spacial score (nSPS) is 18.3. The lowest BCUT2D eigenvalue weighted by Gasteiger charge is -2.44. The van der Waals surface area contributed by atoms with E-state index in [9.17, 15) is 0 Å². The Bertz CT molecular complexity index is 1130. The number of rotatable bonds is 2. The molecule has 1 heterocycles. The van der Waals surface area contributed by atoms with Gasteiger partial charge in [-0.05, 0) is 64.0 Å². The van der Waals surface area contributed by atoms with Crippen LogP contribution in [-0.4, -0.2) is 0 Å². The van der Waals surface area contributed by atoms with E-state index in [1.165, 1.54) is 44.6 Å². The maximum atomic E-state index is 2.49. The third-order valence-electron chi connectivity index (χ3n) is 8.67. The Hall–Kier alpha value is -2.41. The minimum Gasteiger partial charge on any atom is -0.201 e. The van der Waals surface area contributed by atoms with Crippen LogP contribution in [0, 0.1) is 19.3 Å². The number of hydrogen-bond acceptors (Lipinski definition) is 0. The van der Waals surface area contributed by atoms with E-state index in [2.05, 4.69) is 122 Å². The molecule has 0 radical (unpaired) electrons. The number of nitrogens with zero attached hydrogens (tertiary/aromatic N) is 1. The number of fused-ring (bicyclic) bond motifs is 1. The van der Waals surface area contributed by atoms with Crippen molar-refractivity contribution in [3.8, 4) is 22.4 Å². The van der Waals surface area contributed by atoms with Crippen LogP contribution in [0.5, 0.6) is 0 Å². The summed E-state index contributed by atoms with van der Waals surface area (Å²) in [5.41, 5.74) is 11.3. The predicted octanol–water partition coefficient (Wildman–Crippen LogP) is 7.06. The van der Waals surface area contributed by atoms with Crippen LogP contribution in [0.15, 0.2) is 54.7 Å². The van der Waals surface area contributed by atoms with Gasteiger partial charge in [0.2, 0.25) is 5.69 Å². The quantitative estimate of drug-likeness (QED) is 0.407. The summed E-state index contributed by atoms with van der Waals surface area (Å²) < 4.78 is 2.29. The Balaban J connectivity index is 1.97. The van der Waals surface area contributed by atoms with Gasteiger partial charge in [0.05, 0.1) is 0 Å². The molecule has 0 amide bonds. The van der Waals surface area contributed by atoms with Gasteiger partial charge in [0.15, 0.2) is 6.20 Å². The number of hydrogen-bond donors (Lipinski definition) is 0. The summed E-state index contributed by atoms with van der Waals surface area (Å²) in [5, 5.41) is 0. The standard InChI is InChI=1S/C29H36N/c1-19-15-24-25(28(5,6)29(7,8)27(24,3)4)16-23(19)26-17-22(20(2)18-30(26)9)21-13-11-10-12-14-21/h10-18H,1-9H3/q+1. The Kier molecular flexibility index (Phi) is 4.55. The number of aromatic nitrogens is 1. The molecule has 4 rings (SSSR count). The molecule has 1 aliphatic carbocycles. The van der Waals surface area contributed by atoms with Crippen molar-refractivity contribution in [2.75, 3.05) is 0 Å². The monoisotopic (exact) mass is 398 g/mol. The van der Waals surface area contributed by atoms with Crippen LogP contribution < -0.4 is 4.57 Å². The summed E-state index contributed by atoms with van der Waals surface area (Å²) in [6.45, 7) is 19.0. The maximum Gasteiger partial charge on any atom is 0.213 e. The van der Waals surface area contributed by atoms with Gasteiger partial charge in [0.1, 0.15) is 7.05 Å². The van der Waals surface area contributed by atoms with Crippen molar-refractivity contribution >= 4 is 0 Å². The highest BCUT2D eigenvalue weighted by molar-refractivity contribution is 5.74. The molecule has 30 heavy (non-hydrogen) atoms. The largest absolute Gasteiger partial charge is 0.213 e. The van der Waals surface area contributed by atoms with Crippen molar-refractivity contribution < 1.29 is 4.57 Å². The summed E-state index contributed by atoms with van der Waals surface area (Å²) in [4.78, 5) is 0. The molecular formula is C29H36N+. The second-order valence-corrected chi connectivity index (χ2v) is 10.8. The van der Waals surface area contributed by atoms with Gasteiger partial charge in [-0.15, -0.1) is 0 Å². The molecule has 0 spiro atoms. The van der Waals surface area contributed by atoms with E-state index in [1.54, 1.807) is 0 Å². The molecular weight excluding hydrogens is 362 g/mol. The zero-order chi connectivity index (χ0) is 22.1. The second kappa shape index (κ2) is 6.54. The predicted molar refractivity (Wildman–Crippen MR) is 128 cm³/mol. The summed E-state index contributed by atoms with van der Waals surface area (Å²) in [7, 11) is 2.17. The minimum absolute atomic E-state index is 0.111. The first-order valence-electron chi connectivity index (χ1n) is 11.1. The molecule has 0 saturated carbocycles. The first kappa shape index (κ1) is 20.8. The Morgan fingerprint density at radius 1 is 0.667 bits per heavy atom. The third-order valence-corrected chi connectivity index (χ3v) is 8.67. The zero-order valence-corrected chi connectivity index (χ0v) is 20.1. The molecule has 1 heteroatoms. The molecule has 3 aromatic rings. The average molecular weight is 399 g/mol. The highest BCUT2D eigenvalue weighted by Gasteiger charge is 2.57. The molecule has 0 unspecified atom stereocenters. The summed E-state index contributed by atoms with van der Waals surface area (Å²) >= 11 is 0. The number of benzene rings is 2. The highest BCUT2D eigenvalue weighted by Crippen LogP contribution is 2.62. The van der Waals surface area contributed by atoms with Crippen molar-refractivity contribution in [3.63, 3.8) is 0 Å². The maximum absolute atomic E-state index is 2.49. The van der Waals surface area contributed by atoms with Crippen LogP contribution in [0.1, 0.15) is 63.8 Å². The number of pyridine rings is 1. The van der Waals surface area contributed by atoms with Gasteiger partial charge in [-0.25, -0.2) is 4.57 Å². The van der Waals surface area contributed by atoms with E-state index in [0.717, 1.165) is 0 Å². The van der Waals surface area contributed by atoms with Crippen LogP contribution in [0.2, 0.25) is 0 Å². The van der Waals surface area contributed by atoms with Crippen molar-refractivity contribution in [2.45, 2.75) is 66.2 Å². The van der Waals surface area contributed by atoms with Crippen LogP contribution >= 0.6 is 0 Å². The van der Waals surface area contributed by atoms with Crippen LogP contribution in [0.4, 0.5) is 0 Å². The van der Waals surface area contributed by atoms with E-state index < -0.39 is 0 Å². The van der Waals surface area contributed by atoms with Gasteiger partial charge in [-0.3, -0.25) is 0 Å². The van der Waals surface area contributed by atoms with Crippen molar-refractivity contribution in [1.82, 2.24) is 0 Å². The molecule has 2 aromatic carbocycles. The van der Waals surface area contributed by atoms with Gasteiger partial charge in [-0.2, -0.15) is 0 Å². The molecule has 1 nitrogen and oxygen atoms in total. The van der Waals surface area contributed by atoms with Crippen molar-refractivity contribution in [2.24, 2.45) is 12.5 Å². The van der Waals surface area contributed by atoms with E-state index in [4.69, 9.17) is 0 Å². The highest BCUT2D eigenvalue weighted by atomic mass is 14.9. The van der Waals surface area contributed by atoms with E-state index in [1.807, 2.05) is 0 Å². The average Bonchev–Trinajstić information content (AvgIpc) is 2.77. The lowest BCUT2D eigenvalue weighted by molar-refractivity contribution is -0.660. The van der Waals surface area contributed by atoms with Crippen LogP contribution in [0.25, 0.3) is 22.4 Å². The van der Waals surface area contributed by atoms with Crippen LogP contribution in [0.3, 0.4) is 0 Å². The van der Waals surface area contributed by atoms with Crippen molar-refractivity contribution in [1.29, 1.82) is 0 Å². The molecule has 0 fully saturated rings. The summed E-state index contributed by atoms with van der Waals surface area (Å²) in [6, 6.07) is 18.1. The van der Waals surface area contributed by atoms with E-state index in [0.29, 0.717) is 0 Å². The molecule has 0 aliphatic heterocycles. The van der Waals surface area contributed by atoms with E-state index in [-0.39, 0.29) is 16.2 Å². The lowest BCUT2D eigenvalue weighted by atomic mass is 9.59. The molecule has 1 aliphatic rings. The van der Waals surface area contributed by atoms with Gasteiger partial charge < -0.3 is 0 Å². The Morgan fingerprint density at radius 3 is 1.83 bits per heavy atom. The topological polar surface area (TPSA) is 3.88 Å². The lowest BCUT2D eigenvalue weighted by Crippen LogP contribution is -2.42. The first-order chi connectivity index (χ1) is 13.9. The van der Waals surface area contributed by atoms with Gasteiger partial charge >= 0.3 is 0 Å². The third kappa shape index (κ3) is 2.71.